The molecule has 0 atom stereocenters. The number of rotatable bonds is 5. The summed E-state index contributed by atoms with van der Waals surface area (Å²) < 4.78 is 6.42. The molecule has 6 heteroatoms. The molecule has 0 spiro atoms. The number of ether oxygens (including phenoxy) is 1. The van der Waals surface area contributed by atoms with Gasteiger partial charge < -0.3 is 15.8 Å². The summed E-state index contributed by atoms with van der Waals surface area (Å²) in [7, 11) is 0. The Hall–Kier alpha value is -1.53. The van der Waals surface area contributed by atoms with Crippen LogP contribution >= 0.6 is 27.3 Å². The largest absolute Gasteiger partial charge is 0.492 e. The number of hydrogen-bond acceptors (Lipinski definition) is 4. The summed E-state index contributed by atoms with van der Waals surface area (Å²) in [6.45, 7) is 0.873. The number of halogens is 1. The van der Waals surface area contributed by atoms with Crippen molar-refractivity contribution >= 4 is 38.9 Å². The van der Waals surface area contributed by atoms with E-state index in [4.69, 9.17) is 10.5 Å². The van der Waals surface area contributed by atoms with E-state index >= 15 is 0 Å². The zero-order valence-corrected chi connectivity index (χ0v) is 12.5. The number of anilines is 1. The third kappa shape index (κ3) is 4.25. The number of nitrogens with two attached hydrogens (primary N) is 1. The van der Waals surface area contributed by atoms with Gasteiger partial charge in [0, 0.05) is 11.1 Å². The van der Waals surface area contributed by atoms with Gasteiger partial charge in [0.25, 0.3) is 5.91 Å². The van der Waals surface area contributed by atoms with Crippen molar-refractivity contribution in [2.45, 2.75) is 0 Å². The minimum absolute atomic E-state index is 0.0946. The second-order valence-corrected chi connectivity index (χ2v) is 6.10. The van der Waals surface area contributed by atoms with Crippen molar-refractivity contribution in [1.29, 1.82) is 0 Å². The van der Waals surface area contributed by atoms with Crippen molar-refractivity contribution in [2.75, 3.05) is 18.9 Å². The molecule has 1 heterocycles. The molecule has 19 heavy (non-hydrogen) atoms. The van der Waals surface area contributed by atoms with Gasteiger partial charge in [0.1, 0.15) is 12.4 Å². The van der Waals surface area contributed by atoms with Crippen LogP contribution in [0.25, 0.3) is 0 Å². The van der Waals surface area contributed by atoms with E-state index in [9.17, 15) is 4.79 Å². The van der Waals surface area contributed by atoms with Crippen LogP contribution in [0.3, 0.4) is 0 Å². The zero-order valence-electron chi connectivity index (χ0n) is 10.1. The summed E-state index contributed by atoms with van der Waals surface area (Å²) in [4.78, 5) is 11.7. The van der Waals surface area contributed by atoms with Crippen LogP contribution in [0, 0.1) is 0 Å². The van der Waals surface area contributed by atoms with E-state index in [-0.39, 0.29) is 5.91 Å². The number of nitrogens with one attached hydrogen (secondary N) is 1. The number of carbonyl (C=O) groups excluding carboxylic acids is 1. The molecule has 0 saturated heterocycles. The molecule has 1 aromatic carbocycles. The number of hydrogen-bond donors (Lipinski definition) is 2. The molecule has 0 aliphatic heterocycles. The van der Waals surface area contributed by atoms with Gasteiger partial charge in [0.2, 0.25) is 0 Å². The van der Waals surface area contributed by atoms with Gasteiger partial charge in [-0.25, -0.2) is 0 Å². The maximum absolute atomic E-state index is 11.7. The lowest BCUT2D eigenvalue weighted by Crippen LogP contribution is -2.27. The van der Waals surface area contributed by atoms with E-state index in [0.717, 1.165) is 9.54 Å². The minimum atomic E-state index is -0.0946. The predicted octanol–water partition coefficient (Wildman–Crippen LogP) is 2.90. The molecule has 0 saturated carbocycles. The van der Waals surface area contributed by atoms with Crippen molar-refractivity contribution in [3.63, 3.8) is 0 Å². The van der Waals surface area contributed by atoms with Crippen molar-refractivity contribution in [3.05, 3.63) is 45.1 Å². The molecule has 1 amide bonds. The Morgan fingerprint density at radius 1 is 1.37 bits per heavy atom. The summed E-state index contributed by atoms with van der Waals surface area (Å²) in [6, 6.07) is 8.94. The first-order chi connectivity index (χ1) is 9.15. The first-order valence-corrected chi connectivity index (χ1v) is 7.33. The Balaban J connectivity index is 1.72. The maximum Gasteiger partial charge on any atom is 0.252 e. The quantitative estimate of drug-likeness (QED) is 0.649. The van der Waals surface area contributed by atoms with Crippen LogP contribution in [-0.4, -0.2) is 19.1 Å². The van der Waals surface area contributed by atoms with E-state index < -0.39 is 0 Å². The molecule has 0 radical (unpaired) electrons. The van der Waals surface area contributed by atoms with E-state index in [0.29, 0.717) is 24.4 Å². The van der Waals surface area contributed by atoms with Crippen molar-refractivity contribution in [2.24, 2.45) is 0 Å². The lowest BCUT2D eigenvalue weighted by Gasteiger charge is -2.07. The summed E-state index contributed by atoms with van der Waals surface area (Å²) in [5.41, 5.74) is 6.93. The summed E-state index contributed by atoms with van der Waals surface area (Å²) >= 11 is 4.81. The fourth-order valence-corrected chi connectivity index (χ4v) is 2.57. The van der Waals surface area contributed by atoms with Gasteiger partial charge in [-0.2, -0.15) is 0 Å². The van der Waals surface area contributed by atoms with Gasteiger partial charge in [-0.1, -0.05) is 0 Å². The van der Waals surface area contributed by atoms with E-state index in [2.05, 4.69) is 21.2 Å². The fourth-order valence-electron chi connectivity index (χ4n) is 1.43. The Kier molecular flexibility index (Phi) is 4.81. The Morgan fingerprint density at radius 3 is 2.74 bits per heavy atom. The van der Waals surface area contributed by atoms with Crippen LogP contribution in [0.4, 0.5) is 5.69 Å². The second kappa shape index (κ2) is 6.58. The normalized spacial score (nSPS) is 10.2. The van der Waals surface area contributed by atoms with Gasteiger partial charge >= 0.3 is 0 Å². The molecule has 0 aliphatic rings. The zero-order chi connectivity index (χ0) is 13.7. The third-order valence-electron chi connectivity index (χ3n) is 2.37. The number of carbonyl (C=O) groups is 1. The molecule has 1 aromatic heterocycles. The molecule has 3 N–H and O–H groups in total. The first kappa shape index (κ1) is 13.9. The number of thiophene rings is 1. The topological polar surface area (TPSA) is 64.3 Å². The number of benzene rings is 1. The highest BCUT2D eigenvalue weighted by molar-refractivity contribution is 9.11. The van der Waals surface area contributed by atoms with Crippen LogP contribution in [-0.2, 0) is 0 Å². The SMILES string of the molecule is Nc1ccc(OCCNC(=O)c2csc(Br)c2)cc1. The monoisotopic (exact) mass is 340 g/mol. The van der Waals surface area contributed by atoms with E-state index in [1.54, 1.807) is 35.7 Å². The average Bonchev–Trinajstić information content (AvgIpc) is 2.83. The summed E-state index contributed by atoms with van der Waals surface area (Å²) in [5.74, 6) is 0.643. The lowest BCUT2D eigenvalue weighted by molar-refractivity contribution is 0.0947. The molecular formula is C13H13BrN2O2S. The van der Waals surface area contributed by atoms with Crippen molar-refractivity contribution in [1.82, 2.24) is 5.32 Å². The highest BCUT2D eigenvalue weighted by Crippen LogP contribution is 2.20. The van der Waals surface area contributed by atoms with Crippen molar-refractivity contribution < 1.29 is 9.53 Å². The summed E-state index contributed by atoms with van der Waals surface area (Å²) in [6.07, 6.45) is 0. The highest BCUT2D eigenvalue weighted by atomic mass is 79.9. The molecular weight excluding hydrogens is 328 g/mol. The minimum Gasteiger partial charge on any atom is -0.492 e. The van der Waals surface area contributed by atoms with Crippen LogP contribution in [0.1, 0.15) is 10.4 Å². The lowest BCUT2D eigenvalue weighted by atomic mass is 10.3. The first-order valence-electron chi connectivity index (χ1n) is 5.66. The Bertz CT molecular complexity index is 554. The molecule has 4 nitrogen and oxygen atoms in total. The molecule has 0 fully saturated rings. The van der Waals surface area contributed by atoms with Gasteiger partial charge in [0.15, 0.2) is 0 Å². The second-order valence-electron chi connectivity index (χ2n) is 3.81. The van der Waals surface area contributed by atoms with E-state index in [1.807, 2.05) is 0 Å². The third-order valence-corrected chi connectivity index (χ3v) is 3.87. The molecule has 0 aliphatic carbocycles. The van der Waals surface area contributed by atoms with Gasteiger partial charge in [-0.15, -0.1) is 11.3 Å². The molecule has 2 aromatic rings. The number of amides is 1. The van der Waals surface area contributed by atoms with Gasteiger partial charge in [-0.3, -0.25) is 4.79 Å². The fraction of sp³-hybridized carbons (Fsp3) is 0.154. The standard InChI is InChI=1S/C13H13BrN2O2S/c14-12-7-9(8-19-12)13(17)16-5-6-18-11-3-1-10(15)2-4-11/h1-4,7-8H,5-6,15H2,(H,16,17). The van der Waals surface area contributed by atoms with Gasteiger partial charge in [0.05, 0.1) is 15.9 Å². The van der Waals surface area contributed by atoms with Crippen LogP contribution in [0.2, 0.25) is 0 Å². The molecule has 2 rings (SSSR count). The van der Waals surface area contributed by atoms with Crippen LogP contribution < -0.4 is 15.8 Å². The average molecular weight is 341 g/mol. The predicted molar refractivity (Wildman–Crippen MR) is 80.7 cm³/mol. The number of nitrogen functional groups attached to an aromatic ring is 1. The van der Waals surface area contributed by atoms with Crippen LogP contribution in [0.15, 0.2) is 39.5 Å². The summed E-state index contributed by atoms with van der Waals surface area (Å²) in [5, 5.41) is 4.60. The molecule has 100 valence electrons. The van der Waals surface area contributed by atoms with Crippen LogP contribution in [0.5, 0.6) is 5.75 Å². The van der Waals surface area contributed by atoms with Crippen molar-refractivity contribution in [3.8, 4) is 5.75 Å². The maximum atomic E-state index is 11.7. The Morgan fingerprint density at radius 2 is 2.11 bits per heavy atom. The highest BCUT2D eigenvalue weighted by Gasteiger charge is 2.06. The smallest absolute Gasteiger partial charge is 0.252 e. The molecule has 0 unspecified atom stereocenters. The van der Waals surface area contributed by atoms with E-state index in [1.165, 1.54) is 11.3 Å². The Labute approximate surface area is 123 Å². The van der Waals surface area contributed by atoms with Gasteiger partial charge in [-0.05, 0) is 46.3 Å². The molecule has 0 bridgehead atoms.